The molecule has 3 atom stereocenters. The zero-order valence-electron chi connectivity index (χ0n) is 12.3. The molecule has 1 rings (SSSR count). The van der Waals surface area contributed by atoms with Gasteiger partial charge in [-0.2, -0.15) is 0 Å². The van der Waals surface area contributed by atoms with Gasteiger partial charge in [0.2, 0.25) is 0 Å². The summed E-state index contributed by atoms with van der Waals surface area (Å²) in [5, 5.41) is 12.6. The van der Waals surface area contributed by atoms with Gasteiger partial charge in [-0.15, -0.1) is 0 Å². The molecule has 0 aromatic rings. The number of rotatable bonds is 6. The first kappa shape index (κ1) is 15.5. The lowest BCUT2D eigenvalue weighted by Gasteiger charge is -2.40. The minimum absolute atomic E-state index is 0.336. The van der Waals surface area contributed by atoms with Crippen LogP contribution in [0.15, 0.2) is 0 Å². The van der Waals surface area contributed by atoms with Crippen LogP contribution in [0.2, 0.25) is 0 Å². The van der Waals surface area contributed by atoms with Crippen LogP contribution in [0.1, 0.15) is 66.2 Å². The second-order valence-electron chi connectivity index (χ2n) is 6.81. The maximum absolute atomic E-state index is 11.3. The Balaban J connectivity index is 2.54. The minimum atomic E-state index is -0.695. The fourth-order valence-electron chi connectivity index (χ4n) is 3.44. The fourth-order valence-corrected chi connectivity index (χ4v) is 3.44. The lowest BCUT2D eigenvalue weighted by Crippen LogP contribution is -2.47. The lowest BCUT2D eigenvalue weighted by molar-refractivity contribution is -0.140. The van der Waals surface area contributed by atoms with Gasteiger partial charge in [0.1, 0.15) is 6.04 Å². The van der Waals surface area contributed by atoms with E-state index in [1.807, 2.05) is 0 Å². The third-order valence-corrected chi connectivity index (χ3v) is 3.97. The normalized spacial score (nSPS) is 28.9. The molecule has 1 fully saturated rings. The van der Waals surface area contributed by atoms with Gasteiger partial charge in [0.15, 0.2) is 0 Å². The first-order valence-electron chi connectivity index (χ1n) is 7.33. The first-order valence-corrected chi connectivity index (χ1v) is 7.33. The second-order valence-corrected chi connectivity index (χ2v) is 6.81. The van der Waals surface area contributed by atoms with Gasteiger partial charge in [0.25, 0.3) is 0 Å². The van der Waals surface area contributed by atoms with Gasteiger partial charge < -0.3 is 10.4 Å². The molecule has 1 aliphatic carbocycles. The number of aliphatic carboxylic acids is 1. The van der Waals surface area contributed by atoms with E-state index in [1.54, 1.807) is 0 Å². The summed E-state index contributed by atoms with van der Waals surface area (Å²) >= 11 is 0. The van der Waals surface area contributed by atoms with Crippen molar-refractivity contribution < 1.29 is 9.90 Å². The molecule has 1 aliphatic rings. The van der Waals surface area contributed by atoms with Gasteiger partial charge in [0.05, 0.1) is 0 Å². The number of carboxylic acids is 1. The average molecular weight is 255 g/mol. The number of carbonyl (C=O) groups is 1. The Morgan fingerprint density at radius 1 is 1.44 bits per heavy atom. The van der Waals surface area contributed by atoms with E-state index in [9.17, 15) is 9.90 Å². The molecule has 0 aromatic heterocycles. The van der Waals surface area contributed by atoms with E-state index in [0.717, 1.165) is 32.1 Å². The third-order valence-electron chi connectivity index (χ3n) is 3.97. The quantitative estimate of drug-likeness (QED) is 0.764. The maximum atomic E-state index is 11.3. The molecule has 0 saturated heterocycles. The van der Waals surface area contributed by atoms with Crippen molar-refractivity contribution >= 4 is 5.97 Å². The average Bonchev–Trinajstić information content (AvgIpc) is 2.20. The second kappa shape index (κ2) is 6.55. The van der Waals surface area contributed by atoms with E-state index in [0.29, 0.717) is 17.4 Å². The van der Waals surface area contributed by atoms with Crippen molar-refractivity contribution in [1.82, 2.24) is 5.32 Å². The summed E-state index contributed by atoms with van der Waals surface area (Å²) < 4.78 is 0. The molecule has 106 valence electrons. The van der Waals surface area contributed by atoms with Crippen LogP contribution in [0.5, 0.6) is 0 Å². The van der Waals surface area contributed by atoms with Crippen molar-refractivity contribution in [3.63, 3.8) is 0 Å². The Morgan fingerprint density at radius 3 is 2.61 bits per heavy atom. The number of nitrogens with one attached hydrogen (secondary N) is 1. The Labute approximate surface area is 111 Å². The Bertz CT molecular complexity index is 276. The van der Waals surface area contributed by atoms with Crippen LogP contribution in [0.3, 0.4) is 0 Å². The molecule has 18 heavy (non-hydrogen) atoms. The molecule has 0 bridgehead atoms. The molecule has 0 aromatic carbocycles. The van der Waals surface area contributed by atoms with Gasteiger partial charge in [-0.3, -0.25) is 4.79 Å². The molecule has 2 N–H and O–H groups in total. The minimum Gasteiger partial charge on any atom is -0.480 e. The highest BCUT2D eigenvalue weighted by atomic mass is 16.4. The van der Waals surface area contributed by atoms with Gasteiger partial charge in [-0.1, -0.05) is 40.5 Å². The summed E-state index contributed by atoms with van der Waals surface area (Å²) in [6.45, 7) is 8.96. The largest absolute Gasteiger partial charge is 0.480 e. The molecule has 3 unspecified atom stereocenters. The predicted molar refractivity (Wildman–Crippen MR) is 74.7 cm³/mol. The highest BCUT2D eigenvalue weighted by Gasteiger charge is 2.33. The van der Waals surface area contributed by atoms with E-state index in [-0.39, 0.29) is 6.04 Å². The molecular formula is C15H29NO2. The SMILES string of the molecule is CCCCC(NC1CC(C)CC(C)(C)C1)C(=O)O. The van der Waals surface area contributed by atoms with Gasteiger partial charge in [-0.05, 0) is 37.0 Å². The van der Waals surface area contributed by atoms with Crippen LogP contribution in [-0.4, -0.2) is 23.2 Å². The van der Waals surface area contributed by atoms with E-state index in [1.165, 1.54) is 6.42 Å². The monoisotopic (exact) mass is 255 g/mol. The van der Waals surface area contributed by atoms with Crippen LogP contribution >= 0.6 is 0 Å². The molecule has 0 heterocycles. The van der Waals surface area contributed by atoms with Gasteiger partial charge in [0, 0.05) is 6.04 Å². The van der Waals surface area contributed by atoms with E-state index in [4.69, 9.17) is 0 Å². The molecular weight excluding hydrogens is 226 g/mol. The smallest absolute Gasteiger partial charge is 0.320 e. The van der Waals surface area contributed by atoms with E-state index < -0.39 is 5.97 Å². The Kier molecular flexibility index (Phi) is 5.64. The molecule has 3 nitrogen and oxygen atoms in total. The molecule has 0 amide bonds. The number of hydrogen-bond acceptors (Lipinski definition) is 2. The van der Waals surface area contributed by atoms with Gasteiger partial charge in [-0.25, -0.2) is 0 Å². The van der Waals surface area contributed by atoms with Crippen molar-refractivity contribution in [3.8, 4) is 0 Å². The van der Waals surface area contributed by atoms with Crippen LogP contribution in [-0.2, 0) is 4.79 Å². The number of carboxylic acid groups (broad SMARTS) is 1. The Morgan fingerprint density at radius 2 is 2.11 bits per heavy atom. The summed E-state index contributed by atoms with van der Waals surface area (Å²) in [5.74, 6) is -0.00801. The summed E-state index contributed by atoms with van der Waals surface area (Å²) in [6.07, 6.45) is 6.23. The third kappa shape index (κ3) is 4.97. The van der Waals surface area contributed by atoms with Crippen LogP contribution < -0.4 is 5.32 Å². The van der Waals surface area contributed by atoms with Crippen LogP contribution in [0.4, 0.5) is 0 Å². The Hall–Kier alpha value is -0.570. The van der Waals surface area contributed by atoms with Crippen LogP contribution in [0.25, 0.3) is 0 Å². The van der Waals surface area contributed by atoms with Crippen molar-refractivity contribution in [2.45, 2.75) is 78.3 Å². The predicted octanol–water partition coefficient (Wildman–Crippen LogP) is 3.43. The van der Waals surface area contributed by atoms with Crippen molar-refractivity contribution in [3.05, 3.63) is 0 Å². The molecule has 0 radical (unpaired) electrons. The molecule has 1 saturated carbocycles. The van der Waals surface area contributed by atoms with Crippen molar-refractivity contribution in [2.75, 3.05) is 0 Å². The highest BCUT2D eigenvalue weighted by Crippen LogP contribution is 2.38. The van der Waals surface area contributed by atoms with Crippen molar-refractivity contribution in [1.29, 1.82) is 0 Å². The van der Waals surface area contributed by atoms with Crippen LogP contribution in [0, 0.1) is 11.3 Å². The van der Waals surface area contributed by atoms with E-state index >= 15 is 0 Å². The van der Waals surface area contributed by atoms with E-state index in [2.05, 4.69) is 33.0 Å². The maximum Gasteiger partial charge on any atom is 0.320 e. The topological polar surface area (TPSA) is 49.3 Å². The summed E-state index contributed by atoms with van der Waals surface area (Å²) in [6, 6.07) is -0.00208. The summed E-state index contributed by atoms with van der Waals surface area (Å²) in [4.78, 5) is 11.3. The summed E-state index contributed by atoms with van der Waals surface area (Å²) in [5.41, 5.74) is 0.336. The van der Waals surface area contributed by atoms with Crippen molar-refractivity contribution in [2.24, 2.45) is 11.3 Å². The number of hydrogen-bond donors (Lipinski definition) is 2. The highest BCUT2D eigenvalue weighted by molar-refractivity contribution is 5.73. The lowest BCUT2D eigenvalue weighted by atomic mass is 9.70. The first-order chi connectivity index (χ1) is 8.34. The zero-order chi connectivity index (χ0) is 13.8. The standard InChI is InChI=1S/C15H29NO2/c1-5-6-7-13(14(17)18)16-12-8-11(2)9-15(3,4)10-12/h11-13,16H,5-10H2,1-4H3,(H,17,18). The number of unbranched alkanes of at least 4 members (excludes halogenated alkanes) is 1. The summed E-state index contributed by atoms with van der Waals surface area (Å²) in [7, 11) is 0. The molecule has 0 aliphatic heterocycles. The zero-order valence-corrected chi connectivity index (χ0v) is 12.3. The fraction of sp³-hybridized carbons (Fsp3) is 0.933. The van der Waals surface area contributed by atoms with Gasteiger partial charge >= 0.3 is 5.97 Å². The molecule has 0 spiro atoms. The molecule has 3 heteroatoms.